The molecular formula is C13H22O7. The predicted octanol–water partition coefficient (Wildman–Crippen LogP) is -1.87. The van der Waals surface area contributed by atoms with Crippen LogP contribution in [0.25, 0.3) is 0 Å². The van der Waals surface area contributed by atoms with E-state index in [9.17, 15) is 25.5 Å². The maximum absolute atomic E-state index is 9.97. The first kappa shape index (κ1) is 15.7. The molecule has 0 aromatic heterocycles. The largest absolute Gasteiger partial charge is 0.496 e. The zero-order valence-corrected chi connectivity index (χ0v) is 11.2. The summed E-state index contributed by atoms with van der Waals surface area (Å²) in [5.74, 6) is -0.578. The van der Waals surface area contributed by atoms with E-state index in [0.29, 0.717) is 0 Å². The lowest BCUT2D eigenvalue weighted by Crippen LogP contribution is -2.57. The van der Waals surface area contributed by atoms with Crippen LogP contribution < -0.4 is 0 Å². The molecule has 5 N–H and O–H groups in total. The summed E-state index contributed by atoms with van der Waals surface area (Å²) in [6.45, 7) is 1.41. The van der Waals surface area contributed by atoms with Gasteiger partial charge in [-0.1, -0.05) is 0 Å². The average molecular weight is 290 g/mol. The molecule has 2 rings (SSSR count). The van der Waals surface area contributed by atoms with Crippen molar-refractivity contribution in [3.63, 3.8) is 0 Å². The van der Waals surface area contributed by atoms with Crippen LogP contribution in [0, 0.1) is 5.92 Å². The van der Waals surface area contributed by atoms with Gasteiger partial charge in [0.1, 0.15) is 30.5 Å². The van der Waals surface area contributed by atoms with Gasteiger partial charge in [0, 0.05) is 12.5 Å². The molecular weight excluding hydrogens is 268 g/mol. The highest BCUT2D eigenvalue weighted by atomic mass is 16.6. The summed E-state index contributed by atoms with van der Waals surface area (Å²) < 4.78 is 10.9. The van der Waals surface area contributed by atoms with E-state index in [1.165, 1.54) is 12.3 Å². The predicted molar refractivity (Wildman–Crippen MR) is 67.6 cm³/mol. The maximum atomic E-state index is 9.97. The van der Waals surface area contributed by atoms with Crippen LogP contribution in [0.5, 0.6) is 0 Å². The van der Waals surface area contributed by atoms with Gasteiger partial charge in [0.15, 0.2) is 0 Å². The molecule has 2 aliphatic rings. The number of hydrogen-bond acceptors (Lipinski definition) is 7. The molecule has 0 saturated heterocycles. The fraction of sp³-hybridized carbons (Fsp3) is 0.846. The molecule has 0 aromatic carbocycles. The minimum atomic E-state index is -1.39. The Morgan fingerprint density at radius 3 is 2.45 bits per heavy atom. The molecule has 0 aromatic rings. The van der Waals surface area contributed by atoms with E-state index in [1.54, 1.807) is 6.92 Å². The number of rotatable bonds is 3. The Hall–Kier alpha value is -0.700. The third kappa shape index (κ3) is 2.98. The Bertz CT molecular complexity index is 346. The molecule has 1 aliphatic carbocycles. The van der Waals surface area contributed by atoms with Crippen molar-refractivity contribution in [1.29, 1.82) is 0 Å². The molecule has 8 atom stereocenters. The molecule has 7 nitrogen and oxygen atoms in total. The van der Waals surface area contributed by atoms with Gasteiger partial charge in [-0.2, -0.15) is 0 Å². The number of ether oxygens (including phenoxy) is 2. The normalized spacial score (nSPS) is 48.9. The molecule has 0 spiro atoms. The van der Waals surface area contributed by atoms with Crippen LogP contribution in [-0.4, -0.2) is 74.9 Å². The zero-order chi connectivity index (χ0) is 14.9. The highest BCUT2D eigenvalue weighted by molar-refractivity contribution is 4.99. The highest BCUT2D eigenvalue weighted by Crippen LogP contribution is 2.30. The van der Waals surface area contributed by atoms with E-state index in [1.807, 2.05) is 0 Å². The molecule has 0 radical (unpaired) electrons. The van der Waals surface area contributed by atoms with Crippen molar-refractivity contribution in [2.75, 3.05) is 6.61 Å². The Morgan fingerprint density at radius 1 is 1.15 bits per heavy atom. The fourth-order valence-corrected chi connectivity index (χ4v) is 2.70. The monoisotopic (exact) mass is 290 g/mol. The van der Waals surface area contributed by atoms with Crippen LogP contribution in [-0.2, 0) is 9.47 Å². The Morgan fingerprint density at radius 2 is 1.85 bits per heavy atom. The molecule has 20 heavy (non-hydrogen) atoms. The van der Waals surface area contributed by atoms with E-state index < -0.39 is 48.6 Å². The van der Waals surface area contributed by atoms with Gasteiger partial charge in [0.25, 0.3) is 0 Å². The lowest BCUT2D eigenvalue weighted by atomic mass is 9.81. The molecule has 1 aliphatic heterocycles. The summed E-state index contributed by atoms with van der Waals surface area (Å²) in [5, 5.41) is 48.5. The second kappa shape index (κ2) is 6.38. The summed E-state index contributed by atoms with van der Waals surface area (Å²) >= 11 is 0. The topological polar surface area (TPSA) is 120 Å². The van der Waals surface area contributed by atoms with Crippen LogP contribution in [0.15, 0.2) is 12.3 Å². The van der Waals surface area contributed by atoms with Crippen molar-refractivity contribution in [2.24, 2.45) is 5.92 Å². The SMILES string of the molecule is CC1OC=CC(O)C1OC1CC(CO)C(O)C(O)C1O. The lowest BCUT2D eigenvalue weighted by molar-refractivity contribution is -0.212. The summed E-state index contributed by atoms with van der Waals surface area (Å²) in [5.41, 5.74) is 0. The van der Waals surface area contributed by atoms with Gasteiger partial charge >= 0.3 is 0 Å². The van der Waals surface area contributed by atoms with Gasteiger partial charge in [0.2, 0.25) is 0 Å². The average Bonchev–Trinajstić information content (AvgIpc) is 2.43. The fourth-order valence-electron chi connectivity index (χ4n) is 2.70. The van der Waals surface area contributed by atoms with Crippen LogP contribution in [0.3, 0.4) is 0 Å². The molecule has 116 valence electrons. The van der Waals surface area contributed by atoms with Crippen LogP contribution >= 0.6 is 0 Å². The minimum Gasteiger partial charge on any atom is -0.496 e. The second-order valence-corrected chi connectivity index (χ2v) is 5.45. The van der Waals surface area contributed by atoms with Crippen molar-refractivity contribution in [3.05, 3.63) is 12.3 Å². The first-order valence-electron chi connectivity index (χ1n) is 6.76. The Kier molecular flexibility index (Phi) is 5.00. The second-order valence-electron chi connectivity index (χ2n) is 5.45. The van der Waals surface area contributed by atoms with Crippen molar-refractivity contribution >= 4 is 0 Å². The standard InChI is InChI=1S/C13H22O7/c1-6-13(8(15)2-3-19-6)20-9-4-7(5-14)10(16)12(18)11(9)17/h2-3,6-18H,4-5H2,1H3. The van der Waals surface area contributed by atoms with Gasteiger partial charge in [0.05, 0.1) is 18.5 Å². The van der Waals surface area contributed by atoms with E-state index >= 15 is 0 Å². The number of hydrogen-bond donors (Lipinski definition) is 5. The van der Waals surface area contributed by atoms with Crippen molar-refractivity contribution < 1.29 is 35.0 Å². The smallest absolute Gasteiger partial charge is 0.124 e. The first-order valence-corrected chi connectivity index (χ1v) is 6.76. The van der Waals surface area contributed by atoms with Crippen molar-refractivity contribution in [1.82, 2.24) is 0 Å². The van der Waals surface area contributed by atoms with Gasteiger partial charge in [-0.15, -0.1) is 0 Å². The summed E-state index contributed by atoms with van der Waals surface area (Å²) in [6.07, 6.45) is -3.59. The molecule has 8 unspecified atom stereocenters. The quantitative estimate of drug-likeness (QED) is 0.413. The molecule has 7 heteroatoms. The van der Waals surface area contributed by atoms with Crippen molar-refractivity contribution in [3.8, 4) is 0 Å². The number of aliphatic hydroxyl groups excluding tert-OH is 5. The molecule has 1 saturated carbocycles. The number of aliphatic hydroxyl groups is 5. The molecule has 1 fully saturated rings. The van der Waals surface area contributed by atoms with E-state index in [0.717, 1.165) is 0 Å². The lowest BCUT2D eigenvalue weighted by Gasteiger charge is -2.42. The maximum Gasteiger partial charge on any atom is 0.124 e. The Balaban J connectivity index is 2.05. The molecule has 0 amide bonds. The third-order valence-corrected chi connectivity index (χ3v) is 4.03. The van der Waals surface area contributed by atoms with Crippen LogP contribution in [0.2, 0.25) is 0 Å². The van der Waals surface area contributed by atoms with Crippen LogP contribution in [0.4, 0.5) is 0 Å². The van der Waals surface area contributed by atoms with Crippen LogP contribution in [0.1, 0.15) is 13.3 Å². The summed E-state index contributed by atoms with van der Waals surface area (Å²) in [7, 11) is 0. The molecule has 0 bridgehead atoms. The van der Waals surface area contributed by atoms with E-state index in [4.69, 9.17) is 9.47 Å². The van der Waals surface area contributed by atoms with Crippen molar-refractivity contribution in [2.45, 2.75) is 56.1 Å². The summed E-state index contributed by atoms with van der Waals surface area (Å²) in [6, 6.07) is 0. The van der Waals surface area contributed by atoms with Gasteiger partial charge in [-0.05, 0) is 19.4 Å². The first-order chi connectivity index (χ1) is 9.45. The van der Waals surface area contributed by atoms with Gasteiger partial charge in [-0.25, -0.2) is 0 Å². The Labute approximate surface area is 117 Å². The van der Waals surface area contributed by atoms with E-state index in [2.05, 4.69) is 0 Å². The minimum absolute atomic E-state index is 0.190. The molecule has 1 heterocycles. The zero-order valence-electron chi connectivity index (χ0n) is 11.2. The van der Waals surface area contributed by atoms with Gasteiger partial charge in [-0.3, -0.25) is 0 Å². The highest BCUT2D eigenvalue weighted by Gasteiger charge is 2.45. The third-order valence-electron chi connectivity index (χ3n) is 4.03. The van der Waals surface area contributed by atoms with Gasteiger partial charge < -0.3 is 35.0 Å². The van der Waals surface area contributed by atoms with E-state index in [-0.39, 0.29) is 13.0 Å². The summed E-state index contributed by atoms with van der Waals surface area (Å²) in [4.78, 5) is 0.